The fourth-order valence-corrected chi connectivity index (χ4v) is 4.02. The van der Waals surface area contributed by atoms with Gasteiger partial charge >= 0.3 is 0 Å². The summed E-state index contributed by atoms with van der Waals surface area (Å²) in [5.74, 6) is 0.401. The largest absolute Gasteiger partial charge is 0.369 e. The van der Waals surface area contributed by atoms with Gasteiger partial charge in [-0.15, -0.1) is 10.2 Å². The van der Waals surface area contributed by atoms with Gasteiger partial charge in [0.2, 0.25) is 11.9 Å². The van der Waals surface area contributed by atoms with Gasteiger partial charge in [-0.1, -0.05) is 55.1 Å². The van der Waals surface area contributed by atoms with Crippen LogP contribution in [0.1, 0.15) is 18.2 Å². The highest BCUT2D eigenvalue weighted by Gasteiger charge is 2.16. The van der Waals surface area contributed by atoms with Crippen LogP contribution in [0.4, 0.5) is 11.6 Å². The zero-order valence-electron chi connectivity index (χ0n) is 15.6. The number of amides is 1. The fourth-order valence-electron chi connectivity index (χ4n) is 3.28. The number of rotatable bonds is 5. The molecule has 2 heterocycles. The standard InChI is InChI=1S/C20H20N6OS/c1-3-14-12(2)22-19(21)26-18(14)24-25-20(26)28-11-17(27)23-16-10-6-8-13-7-4-5-9-15(13)16/h4-10H,3,11H2,1-2H3,(H2,21,22)(H,23,27). The summed E-state index contributed by atoms with van der Waals surface area (Å²) in [6.07, 6.45) is 0.785. The van der Waals surface area contributed by atoms with Gasteiger partial charge in [0, 0.05) is 22.3 Å². The molecule has 0 aliphatic carbocycles. The van der Waals surface area contributed by atoms with E-state index in [1.54, 1.807) is 4.40 Å². The van der Waals surface area contributed by atoms with Crippen LogP contribution in [0.15, 0.2) is 47.6 Å². The quantitative estimate of drug-likeness (QED) is 0.505. The van der Waals surface area contributed by atoms with Crippen molar-refractivity contribution in [2.24, 2.45) is 0 Å². The monoisotopic (exact) mass is 392 g/mol. The Kier molecular flexibility index (Phi) is 4.87. The van der Waals surface area contributed by atoms with Crippen molar-refractivity contribution in [3.63, 3.8) is 0 Å². The minimum Gasteiger partial charge on any atom is -0.369 e. The van der Waals surface area contributed by atoms with Crippen LogP contribution in [-0.4, -0.2) is 31.2 Å². The van der Waals surface area contributed by atoms with Gasteiger partial charge in [0.25, 0.3) is 0 Å². The topological polar surface area (TPSA) is 98.2 Å². The second-order valence-corrected chi connectivity index (χ2v) is 7.34. The molecule has 0 atom stereocenters. The molecule has 0 spiro atoms. The Balaban J connectivity index is 1.54. The molecule has 1 amide bonds. The lowest BCUT2D eigenvalue weighted by Gasteiger charge is -2.09. The first-order valence-corrected chi connectivity index (χ1v) is 9.97. The molecule has 28 heavy (non-hydrogen) atoms. The van der Waals surface area contributed by atoms with E-state index in [-0.39, 0.29) is 11.7 Å². The van der Waals surface area contributed by atoms with Crippen LogP contribution in [0.5, 0.6) is 0 Å². The number of aromatic nitrogens is 4. The summed E-state index contributed by atoms with van der Waals surface area (Å²) >= 11 is 1.29. The van der Waals surface area contributed by atoms with E-state index in [2.05, 4.69) is 20.5 Å². The molecule has 0 aliphatic rings. The molecule has 0 bridgehead atoms. The Morgan fingerprint density at radius 1 is 1.18 bits per heavy atom. The Hall–Kier alpha value is -3.13. The zero-order chi connectivity index (χ0) is 19.7. The molecule has 0 saturated carbocycles. The van der Waals surface area contributed by atoms with Gasteiger partial charge in [0.15, 0.2) is 10.8 Å². The number of nitrogens with two attached hydrogens (primary N) is 1. The van der Waals surface area contributed by atoms with Crippen molar-refractivity contribution in [3.05, 3.63) is 53.7 Å². The van der Waals surface area contributed by atoms with E-state index in [0.29, 0.717) is 16.8 Å². The third-order valence-electron chi connectivity index (χ3n) is 4.60. The molecular formula is C20H20N6OS. The first-order chi connectivity index (χ1) is 13.6. The van der Waals surface area contributed by atoms with Gasteiger partial charge in [0.1, 0.15) is 0 Å². The molecular weight excluding hydrogens is 372 g/mol. The van der Waals surface area contributed by atoms with E-state index in [9.17, 15) is 4.79 Å². The first kappa shape index (κ1) is 18.2. The lowest BCUT2D eigenvalue weighted by Crippen LogP contribution is -2.15. The molecule has 3 N–H and O–H groups in total. The summed E-state index contributed by atoms with van der Waals surface area (Å²) in [6.45, 7) is 3.95. The Labute approximate surface area is 166 Å². The van der Waals surface area contributed by atoms with Gasteiger partial charge in [0.05, 0.1) is 5.75 Å². The van der Waals surface area contributed by atoms with Crippen LogP contribution >= 0.6 is 11.8 Å². The number of carbonyl (C=O) groups excluding carboxylic acids is 1. The molecule has 142 valence electrons. The second kappa shape index (κ2) is 7.47. The average molecular weight is 392 g/mol. The average Bonchev–Trinajstić information content (AvgIpc) is 3.11. The maximum atomic E-state index is 12.5. The molecule has 2 aromatic carbocycles. The van der Waals surface area contributed by atoms with E-state index >= 15 is 0 Å². The lowest BCUT2D eigenvalue weighted by atomic mass is 10.1. The minimum absolute atomic E-state index is 0.118. The van der Waals surface area contributed by atoms with Gasteiger partial charge in [-0.05, 0) is 24.8 Å². The van der Waals surface area contributed by atoms with Crippen molar-refractivity contribution in [1.82, 2.24) is 19.6 Å². The number of nitrogen functional groups attached to an aromatic ring is 1. The molecule has 0 aliphatic heterocycles. The summed E-state index contributed by atoms with van der Waals surface area (Å²) < 4.78 is 1.71. The van der Waals surface area contributed by atoms with Crippen LogP contribution in [0.25, 0.3) is 16.4 Å². The maximum Gasteiger partial charge on any atom is 0.234 e. The first-order valence-electron chi connectivity index (χ1n) is 8.99. The molecule has 7 nitrogen and oxygen atoms in total. The number of carbonyl (C=O) groups is 1. The lowest BCUT2D eigenvalue weighted by molar-refractivity contribution is -0.113. The predicted octanol–water partition coefficient (Wildman–Crippen LogP) is 3.46. The van der Waals surface area contributed by atoms with Crippen molar-refractivity contribution in [2.75, 3.05) is 16.8 Å². The van der Waals surface area contributed by atoms with Crippen LogP contribution in [0.2, 0.25) is 0 Å². The number of nitrogens with zero attached hydrogens (tertiary/aromatic N) is 4. The number of hydrogen-bond donors (Lipinski definition) is 2. The summed E-state index contributed by atoms with van der Waals surface area (Å²) in [5.41, 5.74) is 9.43. The number of hydrogen-bond acceptors (Lipinski definition) is 6. The van der Waals surface area contributed by atoms with E-state index < -0.39 is 0 Å². The summed E-state index contributed by atoms with van der Waals surface area (Å²) in [6, 6.07) is 13.8. The molecule has 0 saturated heterocycles. The van der Waals surface area contributed by atoms with E-state index in [1.807, 2.05) is 56.3 Å². The normalized spacial score (nSPS) is 11.2. The number of benzene rings is 2. The maximum absolute atomic E-state index is 12.5. The highest BCUT2D eigenvalue weighted by Crippen LogP contribution is 2.25. The predicted molar refractivity (Wildman–Crippen MR) is 113 cm³/mol. The Bertz CT molecular complexity index is 1180. The molecule has 0 unspecified atom stereocenters. The number of fused-ring (bicyclic) bond motifs is 2. The second-order valence-electron chi connectivity index (χ2n) is 6.39. The third-order valence-corrected chi connectivity index (χ3v) is 5.53. The molecule has 0 fully saturated rings. The molecule has 0 radical (unpaired) electrons. The SMILES string of the molecule is CCc1c(C)nc(N)n2c(SCC(=O)Nc3cccc4ccccc34)nnc12. The van der Waals surface area contributed by atoms with Crippen LogP contribution in [-0.2, 0) is 11.2 Å². The van der Waals surface area contributed by atoms with E-state index in [0.717, 1.165) is 34.1 Å². The minimum atomic E-state index is -0.118. The van der Waals surface area contributed by atoms with Gasteiger partial charge < -0.3 is 11.1 Å². The van der Waals surface area contributed by atoms with Gasteiger partial charge in [-0.3, -0.25) is 4.79 Å². The Morgan fingerprint density at radius 3 is 2.79 bits per heavy atom. The fraction of sp³-hybridized carbons (Fsp3) is 0.200. The zero-order valence-corrected chi connectivity index (χ0v) is 16.5. The van der Waals surface area contributed by atoms with Crippen molar-refractivity contribution in [1.29, 1.82) is 0 Å². The van der Waals surface area contributed by atoms with Crippen LogP contribution < -0.4 is 11.1 Å². The van der Waals surface area contributed by atoms with Crippen molar-refractivity contribution < 1.29 is 4.79 Å². The third kappa shape index (κ3) is 3.27. The molecule has 2 aromatic heterocycles. The number of thioether (sulfide) groups is 1. The van der Waals surface area contributed by atoms with E-state index in [4.69, 9.17) is 5.73 Å². The van der Waals surface area contributed by atoms with Gasteiger partial charge in [-0.25, -0.2) is 9.38 Å². The number of nitrogens with one attached hydrogen (secondary N) is 1. The number of aryl methyl sites for hydroxylation is 2. The summed E-state index contributed by atoms with van der Waals surface area (Å²) in [5, 5.41) is 14.1. The summed E-state index contributed by atoms with van der Waals surface area (Å²) in [7, 11) is 0. The Morgan fingerprint density at radius 2 is 1.96 bits per heavy atom. The van der Waals surface area contributed by atoms with Crippen molar-refractivity contribution in [2.45, 2.75) is 25.4 Å². The molecule has 4 aromatic rings. The number of anilines is 2. The van der Waals surface area contributed by atoms with Crippen molar-refractivity contribution >= 4 is 45.7 Å². The highest BCUT2D eigenvalue weighted by atomic mass is 32.2. The molecule has 4 rings (SSSR count). The van der Waals surface area contributed by atoms with Crippen molar-refractivity contribution in [3.8, 4) is 0 Å². The van der Waals surface area contributed by atoms with Gasteiger partial charge in [-0.2, -0.15) is 0 Å². The molecule has 8 heteroatoms. The highest BCUT2D eigenvalue weighted by molar-refractivity contribution is 7.99. The van der Waals surface area contributed by atoms with Crippen LogP contribution in [0, 0.1) is 6.92 Å². The smallest absolute Gasteiger partial charge is 0.234 e. The van der Waals surface area contributed by atoms with E-state index in [1.165, 1.54) is 11.8 Å². The summed E-state index contributed by atoms with van der Waals surface area (Å²) in [4.78, 5) is 16.9. The van der Waals surface area contributed by atoms with Crippen LogP contribution in [0.3, 0.4) is 0 Å².